The first kappa shape index (κ1) is 12.0. The second kappa shape index (κ2) is 5.14. The van der Waals surface area contributed by atoms with Gasteiger partial charge < -0.3 is 10.4 Å². The smallest absolute Gasteiger partial charge is 0.180 e. The van der Waals surface area contributed by atoms with Gasteiger partial charge in [-0.3, -0.25) is 4.79 Å². The number of carbonyl (C=O) groups excluding carboxylic acids is 1. The summed E-state index contributed by atoms with van der Waals surface area (Å²) < 4.78 is 0. The number of hydrogen-bond donors (Lipinski definition) is 2. The number of Topliss-reactive ketones (excluding diaryl/α,β-unsaturated/α-hetero) is 1. The third kappa shape index (κ3) is 2.70. The number of phenols is 1. The number of hydrogen-bond acceptors (Lipinski definition) is 3. The molecule has 0 atom stereocenters. The molecule has 2 N–H and O–H groups in total. The molecule has 0 aliphatic carbocycles. The van der Waals surface area contributed by atoms with Crippen LogP contribution in [-0.2, 0) is 6.42 Å². The highest BCUT2D eigenvalue weighted by molar-refractivity contribution is 6.32. The normalized spacial score (nSPS) is 10.3. The summed E-state index contributed by atoms with van der Waals surface area (Å²) in [4.78, 5) is 11.6. The number of likely N-dealkylation sites (N-methyl/N-ethyl adjacent to an activating group) is 1. The molecular formula is C11H14ClNO2. The van der Waals surface area contributed by atoms with Crippen LogP contribution in [-0.4, -0.2) is 24.5 Å². The lowest BCUT2D eigenvalue weighted by atomic mass is 10.0. The lowest BCUT2D eigenvalue weighted by Crippen LogP contribution is -2.18. The van der Waals surface area contributed by atoms with Gasteiger partial charge in [-0.15, -0.1) is 0 Å². The molecule has 1 aromatic rings. The zero-order valence-corrected chi connectivity index (χ0v) is 9.56. The van der Waals surface area contributed by atoms with E-state index in [0.29, 0.717) is 0 Å². The number of phenolic OH excluding ortho intramolecular Hbond substituents is 1. The maximum Gasteiger partial charge on any atom is 0.180 e. The minimum absolute atomic E-state index is 0.130. The second-order valence-corrected chi connectivity index (χ2v) is 3.69. The number of carbonyl (C=O) groups is 1. The quantitative estimate of drug-likeness (QED) is 0.774. The van der Waals surface area contributed by atoms with E-state index in [-0.39, 0.29) is 28.7 Å². The van der Waals surface area contributed by atoms with Crippen molar-refractivity contribution in [3.05, 3.63) is 28.3 Å². The predicted molar refractivity (Wildman–Crippen MR) is 60.8 cm³/mol. The molecule has 0 bridgehead atoms. The average Bonchev–Trinajstić information content (AvgIpc) is 2.22. The summed E-state index contributed by atoms with van der Waals surface area (Å²) in [7, 11) is 1.68. The Kier molecular flexibility index (Phi) is 4.12. The number of nitrogens with one attached hydrogen (secondary N) is 1. The van der Waals surface area contributed by atoms with Crippen molar-refractivity contribution < 1.29 is 9.90 Å². The first-order valence-electron chi connectivity index (χ1n) is 4.79. The number of ketones is 1. The third-order valence-corrected chi connectivity index (χ3v) is 2.46. The van der Waals surface area contributed by atoms with E-state index in [1.807, 2.05) is 6.92 Å². The van der Waals surface area contributed by atoms with Crippen molar-refractivity contribution in [2.45, 2.75) is 13.3 Å². The summed E-state index contributed by atoms with van der Waals surface area (Å²) in [6.07, 6.45) is 0.778. The van der Waals surface area contributed by atoms with Gasteiger partial charge in [0.1, 0.15) is 5.75 Å². The van der Waals surface area contributed by atoms with Crippen molar-refractivity contribution in [1.82, 2.24) is 5.32 Å². The molecule has 1 aromatic carbocycles. The van der Waals surface area contributed by atoms with E-state index in [9.17, 15) is 9.90 Å². The van der Waals surface area contributed by atoms with E-state index < -0.39 is 0 Å². The first-order valence-corrected chi connectivity index (χ1v) is 5.17. The van der Waals surface area contributed by atoms with Gasteiger partial charge in [-0.2, -0.15) is 0 Å². The van der Waals surface area contributed by atoms with Gasteiger partial charge in [0.05, 0.1) is 17.1 Å². The summed E-state index contributed by atoms with van der Waals surface area (Å²) >= 11 is 5.82. The van der Waals surface area contributed by atoms with Crippen LogP contribution in [0.3, 0.4) is 0 Å². The molecule has 0 aliphatic rings. The van der Waals surface area contributed by atoms with E-state index in [2.05, 4.69) is 5.32 Å². The topological polar surface area (TPSA) is 49.3 Å². The van der Waals surface area contributed by atoms with Crippen LogP contribution in [0.25, 0.3) is 0 Å². The Morgan fingerprint density at radius 3 is 2.73 bits per heavy atom. The van der Waals surface area contributed by atoms with Gasteiger partial charge in [-0.05, 0) is 31.2 Å². The molecule has 0 aliphatic heterocycles. The molecule has 0 aromatic heterocycles. The Bertz CT molecular complexity index is 377. The molecular weight excluding hydrogens is 214 g/mol. The van der Waals surface area contributed by atoms with Gasteiger partial charge in [0.15, 0.2) is 5.78 Å². The van der Waals surface area contributed by atoms with Crippen molar-refractivity contribution in [3.63, 3.8) is 0 Å². The van der Waals surface area contributed by atoms with Crippen LogP contribution < -0.4 is 5.32 Å². The monoisotopic (exact) mass is 227 g/mol. The van der Waals surface area contributed by atoms with Crippen LogP contribution in [0.5, 0.6) is 5.75 Å². The van der Waals surface area contributed by atoms with Gasteiger partial charge in [-0.1, -0.05) is 18.5 Å². The van der Waals surface area contributed by atoms with Crippen LogP contribution in [0.15, 0.2) is 12.1 Å². The van der Waals surface area contributed by atoms with Crippen molar-refractivity contribution >= 4 is 17.4 Å². The number of aryl methyl sites for hydroxylation is 1. The van der Waals surface area contributed by atoms with E-state index in [4.69, 9.17) is 11.6 Å². The fourth-order valence-electron chi connectivity index (χ4n) is 1.33. The molecule has 0 heterocycles. The summed E-state index contributed by atoms with van der Waals surface area (Å²) in [5, 5.41) is 12.6. The molecule has 1 rings (SSSR count). The Hall–Kier alpha value is -1.06. The van der Waals surface area contributed by atoms with Crippen molar-refractivity contribution in [2.24, 2.45) is 0 Å². The number of halogens is 1. The van der Waals surface area contributed by atoms with Crippen LogP contribution in [0.2, 0.25) is 5.02 Å². The summed E-state index contributed by atoms with van der Waals surface area (Å²) in [5.41, 5.74) is 1.23. The molecule has 3 nitrogen and oxygen atoms in total. The van der Waals surface area contributed by atoms with Crippen LogP contribution >= 0.6 is 11.6 Å². The van der Waals surface area contributed by atoms with E-state index >= 15 is 0 Å². The molecule has 15 heavy (non-hydrogen) atoms. The second-order valence-electron chi connectivity index (χ2n) is 3.28. The molecule has 0 spiro atoms. The van der Waals surface area contributed by atoms with Gasteiger partial charge in [0.2, 0.25) is 0 Å². The Balaban J connectivity index is 3.15. The Labute approximate surface area is 94.1 Å². The first-order chi connectivity index (χ1) is 7.10. The number of aromatic hydroxyl groups is 1. The summed E-state index contributed by atoms with van der Waals surface area (Å²) in [5.74, 6) is -0.290. The van der Waals surface area contributed by atoms with Gasteiger partial charge >= 0.3 is 0 Å². The van der Waals surface area contributed by atoms with E-state index in [1.165, 1.54) is 0 Å². The van der Waals surface area contributed by atoms with Crippen molar-refractivity contribution in [1.29, 1.82) is 0 Å². The molecule has 0 radical (unpaired) electrons. The van der Waals surface area contributed by atoms with Gasteiger partial charge in [0, 0.05) is 0 Å². The zero-order chi connectivity index (χ0) is 11.4. The highest BCUT2D eigenvalue weighted by Gasteiger charge is 2.14. The average molecular weight is 228 g/mol. The van der Waals surface area contributed by atoms with Gasteiger partial charge in [0.25, 0.3) is 0 Å². The predicted octanol–water partition coefficient (Wildman–Crippen LogP) is 2.01. The van der Waals surface area contributed by atoms with E-state index in [1.54, 1.807) is 19.2 Å². The maximum atomic E-state index is 11.6. The highest BCUT2D eigenvalue weighted by Crippen LogP contribution is 2.29. The van der Waals surface area contributed by atoms with Crippen LogP contribution in [0.1, 0.15) is 22.8 Å². The summed E-state index contributed by atoms with van der Waals surface area (Å²) in [6, 6.07) is 3.36. The molecule has 82 valence electrons. The molecule has 0 fully saturated rings. The minimum Gasteiger partial charge on any atom is -0.506 e. The molecule has 0 saturated carbocycles. The summed E-state index contributed by atoms with van der Waals surface area (Å²) in [6.45, 7) is 2.16. The van der Waals surface area contributed by atoms with Crippen LogP contribution in [0, 0.1) is 0 Å². The largest absolute Gasteiger partial charge is 0.506 e. The third-order valence-electron chi connectivity index (χ3n) is 2.17. The lowest BCUT2D eigenvalue weighted by Gasteiger charge is -2.07. The molecule has 0 saturated heterocycles. The van der Waals surface area contributed by atoms with Crippen molar-refractivity contribution in [3.8, 4) is 5.75 Å². The van der Waals surface area contributed by atoms with Gasteiger partial charge in [-0.25, -0.2) is 0 Å². The molecule has 0 unspecified atom stereocenters. The highest BCUT2D eigenvalue weighted by atomic mass is 35.5. The fraction of sp³-hybridized carbons (Fsp3) is 0.364. The lowest BCUT2D eigenvalue weighted by molar-refractivity contribution is 0.0991. The Morgan fingerprint density at radius 1 is 1.53 bits per heavy atom. The van der Waals surface area contributed by atoms with Crippen molar-refractivity contribution in [2.75, 3.05) is 13.6 Å². The maximum absolute atomic E-state index is 11.6. The zero-order valence-electron chi connectivity index (χ0n) is 8.80. The molecule has 4 heteroatoms. The molecule has 0 amide bonds. The fourth-order valence-corrected chi connectivity index (χ4v) is 1.57. The SMILES string of the molecule is CCc1cc(Cl)c(O)c(C(=O)CNC)c1. The number of benzene rings is 1. The van der Waals surface area contributed by atoms with Crippen LogP contribution in [0.4, 0.5) is 0 Å². The minimum atomic E-state index is -0.160. The standard InChI is InChI=1S/C11H14ClNO2/c1-3-7-4-8(10(14)6-13-2)11(15)9(12)5-7/h4-5,13,15H,3,6H2,1-2H3. The van der Waals surface area contributed by atoms with E-state index in [0.717, 1.165) is 12.0 Å². The Morgan fingerprint density at radius 2 is 2.20 bits per heavy atom. The number of rotatable bonds is 4.